The fourth-order valence-corrected chi connectivity index (χ4v) is 8.95. The van der Waals surface area contributed by atoms with Crippen LogP contribution in [0.3, 0.4) is 0 Å². The lowest BCUT2D eigenvalue weighted by molar-refractivity contribution is -0.167. The normalized spacial score (nSPS) is 13.1. The summed E-state index contributed by atoms with van der Waals surface area (Å²) in [5, 5.41) is 0. The Labute approximate surface area is 499 Å². The second-order valence-electron chi connectivity index (χ2n) is 21.6. The number of rotatable bonds is 59. The van der Waals surface area contributed by atoms with E-state index in [2.05, 4.69) is 167 Å². The van der Waals surface area contributed by atoms with Gasteiger partial charge in [-0.25, -0.2) is 0 Å². The van der Waals surface area contributed by atoms with Crippen LogP contribution in [-0.4, -0.2) is 37.2 Å². The second-order valence-corrected chi connectivity index (χ2v) is 21.6. The number of carbonyl (C=O) groups is 3. The molecule has 0 aliphatic rings. The smallest absolute Gasteiger partial charge is 0.306 e. The quantitative estimate of drug-likeness (QED) is 0.0261. The third-order valence-corrected chi connectivity index (χ3v) is 13.8. The van der Waals surface area contributed by atoms with E-state index >= 15 is 0 Å². The molecule has 0 amide bonds. The molecular weight excluding hydrogens is 997 g/mol. The van der Waals surface area contributed by atoms with Gasteiger partial charge in [0.05, 0.1) is 0 Å². The van der Waals surface area contributed by atoms with Crippen LogP contribution in [0.25, 0.3) is 0 Å². The summed E-state index contributed by atoms with van der Waals surface area (Å²) in [5.41, 5.74) is 0. The van der Waals surface area contributed by atoms with Gasteiger partial charge in [-0.15, -0.1) is 0 Å². The van der Waals surface area contributed by atoms with Crippen molar-refractivity contribution in [1.82, 2.24) is 0 Å². The van der Waals surface area contributed by atoms with E-state index in [1.54, 1.807) is 0 Å². The molecule has 0 fully saturated rings. The van der Waals surface area contributed by atoms with Crippen molar-refractivity contribution in [2.45, 2.75) is 297 Å². The van der Waals surface area contributed by atoms with Crippen molar-refractivity contribution in [1.29, 1.82) is 0 Å². The van der Waals surface area contributed by atoms with Gasteiger partial charge < -0.3 is 14.2 Å². The Balaban J connectivity index is 4.36. The molecule has 0 heterocycles. The third-order valence-electron chi connectivity index (χ3n) is 13.8. The van der Waals surface area contributed by atoms with Gasteiger partial charge in [0.15, 0.2) is 6.10 Å². The van der Waals surface area contributed by atoms with Gasteiger partial charge in [0, 0.05) is 19.3 Å². The predicted molar refractivity (Wildman–Crippen MR) is 352 cm³/mol. The summed E-state index contributed by atoms with van der Waals surface area (Å²) >= 11 is 0. The van der Waals surface area contributed by atoms with Gasteiger partial charge >= 0.3 is 17.9 Å². The molecule has 0 aliphatic heterocycles. The van der Waals surface area contributed by atoms with Crippen LogP contribution < -0.4 is 0 Å². The second kappa shape index (κ2) is 67.8. The van der Waals surface area contributed by atoms with E-state index in [1.807, 2.05) is 0 Å². The number of esters is 3. The van der Waals surface area contributed by atoms with Crippen LogP contribution in [0.1, 0.15) is 290 Å². The Hall–Kier alpha value is -4.71. The Kier molecular flexibility index (Phi) is 63.9. The summed E-state index contributed by atoms with van der Waals surface area (Å²) in [5.74, 6) is -0.912. The molecule has 1 unspecified atom stereocenters. The topological polar surface area (TPSA) is 78.9 Å². The summed E-state index contributed by atoms with van der Waals surface area (Å²) in [6, 6.07) is 0. The molecule has 81 heavy (non-hydrogen) atoms. The highest BCUT2D eigenvalue weighted by Crippen LogP contribution is 2.16. The monoisotopic (exact) mass is 1120 g/mol. The van der Waals surface area contributed by atoms with Gasteiger partial charge in [0.2, 0.25) is 0 Å². The van der Waals surface area contributed by atoms with Crippen LogP contribution in [0.4, 0.5) is 0 Å². The average molecular weight is 1120 g/mol. The molecule has 6 heteroatoms. The number of allylic oxidation sites excluding steroid dienone is 24. The first-order valence-corrected chi connectivity index (χ1v) is 33.3. The highest BCUT2D eigenvalue weighted by atomic mass is 16.6. The molecule has 0 bridgehead atoms. The number of carbonyl (C=O) groups excluding carboxylic acids is 3. The summed E-state index contributed by atoms with van der Waals surface area (Å²) in [4.78, 5) is 38.4. The zero-order valence-corrected chi connectivity index (χ0v) is 52.5. The Morgan fingerprint density at radius 1 is 0.247 bits per heavy atom. The largest absolute Gasteiger partial charge is 0.462 e. The van der Waals surface area contributed by atoms with Gasteiger partial charge in [-0.2, -0.15) is 0 Å². The van der Waals surface area contributed by atoms with E-state index < -0.39 is 6.10 Å². The minimum atomic E-state index is -0.797. The molecule has 0 radical (unpaired) electrons. The van der Waals surface area contributed by atoms with Crippen molar-refractivity contribution in [3.8, 4) is 0 Å². The lowest BCUT2D eigenvalue weighted by atomic mass is 10.1. The maximum absolute atomic E-state index is 12.9. The molecule has 0 aromatic rings. The first-order chi connectivity index (χ1) is 40.0. The van der Waals surface area contributed by atoms with E-state index in [4.69, 9.17) is 14.2 Å². The fourth-order valence-electron chi connectivity index (χ4n) is 8.95. The highest BCUT2D eigenvalue weighted by Gasteiger charge is 2.19. The Morgan fingerprint density at radius 2 is 0.444 bits per heavy atom. The fraction of sp³-hybridized carbons (Fsp3) is 0.640. The van der Waals surface area contributed by atoms with Gasteiger partial charge in [0.25, 0.3) is 0 Å². The van der Waals surface area contributed by atoms with Crippen molar-refractivity contribution in [3.63, 3.8) is 0 Å². The van der Waals surface area contributed by atoms with Crippen LogP contribution >= 0.6 is 0 Å². The molecule has 0 aromatic carbocycles. The number of ether oxygens (including phenoxy) is 3. The maximum atomic E-state index is 12.9. The molecule has 6 nitrogen and oxygen atoms in total. The van der Waals surface area contributed by atoms with E-state index in [0.717, 1.165) is 148 Å². The Bertz CT molecular complexity index is 1760. The van der Waals surface area contributed by atoms with Gasteiger partial charge in [-0.05, 0) is 135 Å². The highest BCUT2D eigenvalue weighted by molar-refractivity contribution is 5.71. The van der Waals surface area contributed by atoms with Gasteiger partial charge in [0.1, 0.15) is 13.2 Å². The first kappa shape index (κ1) is 76.3. The van der Waals surface area contributed by atoms with Crippen molar-refractivity contribution in [2.24, 2.45) is 0 Å². The van der Waals surface area contributed by atoms with Crippen molar-refractivity contribution in [2.75, 3.05) is 13.2 Å². The SMILES string of the molecule is CC/C=C\C/C=C\C/C=C\C/C=C\C/C=C\C/C=C\CCCCCCCCCCCCC(=O)OCC(COC(=O)CCCCCCCCC/C=C\C/C=C\C/C=C\CC)OC(=O)CCCCCCCCC/C=C\C/C=C\C/C=C\CC. The number of hydrogen-bond acceptors (Lipinski definition) is 6. The van der Waals surface area contributed by atoms with E-state index in [0.29, 0.717) is 19.3 Å². The first-order valence-electron chi connectivity index (χ1n) is 33.3. The lowest BCUT2D eigenvalue weighted by Crippen LogP contribution is -2.30. The minimum Gasteiger partial charge on any atom is -0.462 e. The van der Waals surface area contributed by atoms with E-state index in [-0.39, 0.29) is 31.1 Å². The van der Waals surface area contributed by atoms with Crippen molar-refractivity contribution < 1.29 is 28.6 Å². The molecule has 0 N–H and O–H groups in total. The molecule has 0 aromatic heterocycles. The zero-order valence-electron chi connectivity index (χ0n) is 52.5. The molecule has 0 saturated carbocycles. The van der Waals surface area contributed by atoms with Crippen LogP contribution in [0.15, 0.2) is 146 Å². The lowest BCUT2D eigenvalue weighted by Gasteiger charge is -2.18. The predicted octanol–water partition coefficient (Wildman–Crippen LogP) is 23.1. The molecule has 458 valence electrons. The van der Waals surface area contributed by atoms with Crippen LogP contribution in [0.2, 0.25) is 0 Å². The molecule has 0 saturated heterocycles. The van der Waals surface area contributed by atoms with Crippen LogP contribution in [0, 0.1) is 0 Å². The minimum absolute atomic E-state index is 0.0917. The summed E-state index contributed by atoms with van der Waals surface area (Å²) in [6.07, 6.45) is 97.1. The van der Waals surface area contributed by atoms with Crippen molar-refractivity contribution >= 4 is 17.9 Å². The number of unbranched alkanes of at least 4 members (excludes halogenated alkanes) is 24. The van der Waals surface area contributed by atoms with Gasteiger partial charge in [-0.3, -0.25) is 14.4 Å². The third kappa shape index (κ3) is 66.0. The number of hydrogen-bond donors (Lipinski definition) is 0. The van der Waals surface area contributed by atoms with E-state index in [9.17, 15) is 14.4 Å². The van der Waals surface area contributed by atoms with Gasteiger partial charge in [-0.1, -0.05) is 282 Å². The summed E-state index contributed by atoms with van der Waals surface area (Å²) < 4.78 is 16.9. The summed E-state index contributed by atoms with van der Waals surface area (Å²) in [7, 11) is 0. The van der Waals surface area contributed by atoms with E-state index in [1.165, 1.54) is 103 Å². The van der Waals surface area contributed by atoms with Crippen molar-refractivity contribution in [3.05, 3.63) is 146 Å². The van der Waals surface area contributed by atoms with Crippen LogP contribution in [0.5, 0.6) is 0 Å². The Morgan fingerprint density at radius 3 is 0.691 bits per heavy atom. The summed E-state index contributed by atoms with van der Waals surface area (Å²) in [6.45, 7) is 6.30. The average Bonchev–Trinajstić information content (AvgIpc) is 3.47. The molecule has 0 aliphatic carbocycles. The standard InChI is InChI=1S/C75H122O6/c1-4-7-10-13-16-19-22-25-28-31-32-33-34-35-36-37-38-39-40-41-42-45-47-50-53-56-59-62-65-68-74(77)80-71-72(81-75(78)69-66-63-60-57-54-51-48-44-30-27-24-21-18-15-12-9-6-3)70-79-73(76)67-64-61-58-55-52-49-46-43-29-26-23-20-17-14-11-8-5-2/h7-12,16-21,25-30,32-33,35-36,38-39,72H,4-6,13-15,22-24,31,34,37,40-71H2,1-3H3/b10-7-,11-8-,12-9-,19-16-,20-17-,21-18-,28-25-,29-26-,30-27-,33-32-,36-35-,39-38-. The molecule has 0 rings (SSSR count). The van der Waals surface area contributed by atoms with Crippen LogP contribution in [-0.2, 0) is 28.6 Å². The maximum Gasteiger partial charge on any atom is 0.306 e. The molecular formula is C75H122O6. The molecule has 0 spiro atoms. The zero-order chi connectivity index (χ0) is 58.5. The molecule has 1 atom stereocenters.